The van der Waals surface area contributed by atoms with Crippen LogP contribution in [0.4, 0.5) is 0 Å². The summed E-state index contributed by atoms with van der Waals surface area (Å²) in [5.74, 6) is 1.02. The van der Waals surface area contributed by atoms with Crippen molar-refractivity contribution in [2.24, 2.45) is 4.99 Å². The minimum Gasteiger partial charge on any atom is -0.364 e. The smallest absolute Gasteiger partial charge is 0.193 e. The number of guanidine groups is 1. The van der Waals surface area contributed by atoms with Gasteiger partial charge in [0.05, 0.1) is 5.69 Å². The van der Waals surface area contributed by atoms with Crippen LogP contribution in [0.1, 0.15) is 25.5 Å². The second-order valence-electron chi connectivity index (χ2n) is 6.93. The van der Waals surface area contributed by atoms with E-state index >= 15 is 0 Å². The van der Waals surface area contributed by atoms with Gasteiger partial charge in [-0.1, -0.05) is 5.16 Å². The molecule has 2 heterocycles. The number of hydrogen-bond acceptors (Lipinski definition) is 5. The third-order valence-electron chi connectivity index (χ3n) is 5.13. The monoisotopic (exact) mass is 334 g/mol. The number of rotatable bonds is 6. The molecule has 2 fully saturated rings. The van der Waals surface area contributed by atoms with Gasteiger partial charge < -0.3 is 14.7 Å². The molecular weight excluding hydrogens is 304 g/mol. The van der Waals surface area contributed by atoms with Crippen LogP contribution in [0.3, 0.4) is 0 Å². The van der Waals surface area contributed by atoms with Crippen molar-refractivity contribution in [1.82, 2.24) is 25.2 Å². The highest BCUT2D eigenvalue weighted by Crippen LogP contribution is 2.26. The second-order valence-corrected chi connectivity index (χ2v) is 6.93. The molecule has 0 radical (unpaired) electrons. The Morgan fingerprint density at radius 3 is 2.75 bits per heavy atom. The lowest BCUT2D eigenvalue weighted by Gasteiger charge is -2.36. The van der Waals surface area contributed by atoms with Gasteiger partial charge in [0.1, 0.15) is 6.26 Å². The van der Waals surface area contributed by atoms with Crippen LogP contribution in [0.5, 0.6) is 0 Å². The normalized spacial score (nSPS) is 21.3. The molecule has 0 aromatic carbocycles. The summed E-state index contributed by atoms with van der Waals surface area (Å²) in [7, 11) is 4.11. The molecule has 2 aliphatic rings. The maximum Gasteiger partial charge on any atom is 0.193 e. The van der Waals surface area contributed by atoms with Crippen molar-refractivity contribution < 1.29 is 4.52 Å². The van der Waals surface area contributed by atoms with Crippen LogP contribution < -0.4 is 5.32 Å². The van der Waals surface area contributed by atoms with Crippen LogP contribution in [0.25, 0.3) is 0 Å². The molecule has 7 nitrogen and oxygen atoms in total. The third-order valence-corrected chi connectivity index (χ3v) is 5.13. The van der Waals surface area contributed by atoms with Crippen LogP contribution in [0.15, 0.2) is 21.8 Å². The fraction of sp³-hybridized carbons (Fsp3) is 0.765. The van der Waals surface area contributed by atoms with Gasteiger partial charge in [0, 0.05) is 64.5 Å². The summed E-state index contributed by atoms with van der Waals surface area (Å²) in [6.45, 7) is 8.11. The quantitative estimate of drug-likeness (QED) is 0.615. The number of nitrogens with one attached hydrogen (secondary N) is 1. The zero-order valence-electron chi connectivity index (χ0n) is 15.1. The van der Waals surface area contributed by atoms with Gasteiger partial charge in [-0.25, -0.2) is 0 Å². The Morgan fingerprint density at radius 1 is 1.42 bits per heavy atom. The Morgan fingerprint density at radius 2 is 2.17 bits per heavy atom. The highest BCUT2D eigenvalue weighted by molar-refractivity contribution is 5.80. The molecule has 1 saturated carbocycles. The van der Waals surface area contributed by atoms with Gasteiger partial charge in [-0.15, -0.1) is 0 Å². The average Bonchev–Trinajstić information content (AvgIpc) is 3.33. The molecule has 1 aliphatic heterocycles. The van der Waals surface area contributed by atoms with Gasteiger partial charge in [-0.05, 0) is 26.8 Å². The standard InChI is InChI=1S/C17H30N6O/c1-14(21(3)16-4-5-16)12-19-17(18-2)23-9-7-22(8-10-23)13-15-6-11-24-20-15/h6,11,14,16H,4-5,7-10,12-13H2,1-3H3,(H,18,19). The van der Waals surface area contributed by atoms with Gasteiger partial charge >= 0.3 is 0 Å². The van der Waals surface area contributed by atoms with E-state index in [0.29, 0.717) is 6.04 Å². The summed E-state index contributed by atoms with van der Waals surface area (Å²) in [4.78, 5) is 11.7. The Balaban J connectivity index is 1.41. The van der Waals surface area contributed by atoms with E-state index in [4.69, 9.17) is 4.52 Å². The van der Waals surface area contributed by atoms with Crippen LogP contribution in [0, 0.1) is 0 Å². The first-order valence-electron chi connectivity index (χ1n) is 8.96. The first kappa shape index (κ1) is 17.2. The Labute approximate surface area is 144 Å². The van der Waals surface area contributed by atoms with Gasteiger partial charge in [-0.3, -0.25) is 14.8 Å². The lowest BCUT2D eigenvalue weighted by Crippen LogP contribution is -2.53. The highest BCUT2D eigenvalue weighted by Gasteiger charge is 2.29. The summed E-state index contributed by atoms with van der Waals surface area (Å²) in [6.07, 6.45) is 4.34. The third kappa shape index (κ3) is 4.48. The highest BCUT2D eigenvalue weighted by atomic mass is 16.5. The van der Waals surface area contributed by atoms with Gasteiger partial charge in [0.25, 0.3) is 0 Å². The molecule has 1 aliphatic carbocycles. The summed E-state index contributed by atoms with van der Waals surface area (Å²) in [5.41, 5.74) is 1.00. The van der Waals surface area contributed by atoms with E-state index < -0.39 is 0 Å². The molecule has 1 aromatic heterocycles. The molecule has 1 N–H and O–H groups in total. The molecule has 0 amide bonds. The van der Waals surface area contributed by atoms with Crippen molar-refractivity contribution in [1.29, 1.82) is 0 Å². The minimum absolute atomic E-state index is 0.530. The van der Waals surface area contributed by atoms with Crippen LogP contribution in [0.2, 0.25) is 0 Å². The summed E-state index contributed by atoms with van der Waals surface area (Å²) < 4.78 is 4.91. The van der Waals surface area contributed by atoms with E-state index in [0.717, 1.165) is 57.0 Å². The van der Waals surface area contributed by atoms with Crippen molar-refractivity contribution in [3.8, 4) is 0 Å². The van der Waals surface area contributed by atoms with Crippen molar-refractivity contribution in [3.63, 3.8) is 0 Å². The SMILES string of the molecule is CN=C(NCC(C)N(C)C1CC1)N1CCN(Cc2ccon2)CC1. The van der Waals surface area contributed by atoms with Gasteiger partial charge in [-0.2, -0.15) is 0 Å². The largest absolute Gasteiger partial charge is 0.364 e. The first-order valence-corrected chi connectivity index (χ1v) is 8.96. The van der Waals surface area contributed by atoms with E-state index in [1.54, 1.807) is 6.26 Å². The Bertz CT molecular complexity index is 519. The van der Waals surface area contributed by atoms with Crippen LogP contribution in [-0.2, 0) is 6.54 Å². The fourth-order valence-electron chi connectivity index (χ4n) is 3.22. The number of hydrogen-bond donors (Lipinski definition) is 1. The predicted molar refractivity (Wildman–Crippen MR) is 95.0 cm³/mol. The molecule has 24 heavy (non-hydrogen) atoms. The lowest BCUT2D eigenvalue weighted by atomic mass is 10.2. The summed E-state index contributed by atoms with van der Waals surface area (Å²) >= 11 is 0. The van der Waals surface area contributed by atoms with E-state index in [-0.39, 0.29) is 0 Å². The zero-order chi connectivity index (χ0) is 16.9. The molecule has 1 aromatic rings. The van der Waals surface area contributed by atoms with E-state index in [9.17, 15) is 0 Å². The van der Waals surface area contributed by atoms with E-state index in [1.165, 1.54) is 12.8 Å². The predicted octanol–water partition coefficient (Wildman–Crippen LogP) is 0.850. The number of aromatic nitrogens is 1. The maximum atomic E-state index is 4.91. The number of aliphatic imine (C=N–C) groups is 1. The molecule has 134 valence electrons. The van der Waals surface area contributed by atoms with E-state index in [1.807, 2.05) is 13.1 Å². The minimum atomic E-state index is 0.530. The lowest BCUT2D eigenvalue weighted by molar-refractivity contribution is 0.168. The molecule has 0 spiro atoms. The molecule has 1 atom stereocenters. The van der Waals surface area contributed by atoms with Crippen molar-refractivity contribution in [3.05, 3.63) is 18.0 Å². The van der Waals surface area contributed by atoms with Crippen molar-refractivity contribution in [2.45, 2.75) is 38.4 Å². The number of nitrogens with zero attached hydrogens (tertiary/aromatic N) is 5. The first-order chi connectivity index (χ1) is 11.7. The molecule has 1 unspecified atom stereocenters. The second kappa shape index (κ2) is 7.98. The molecule has 0 bridgehead atoms. The maximum absolute atomic E-state index is 4.91. The molecular formula is C17H30N6O. The number of likely N-dealkylation sites (N-methyl/N-ethyl adjacent to an activating group) is 1. The Kier molecular flexibility index (Phi) is 5.73. The number of piperazine rings is 1. The van der Waals surface area contributed by atoms with Gasteiger partial charge in [0.2, 0.25) is 0 Å². The summed E-state index contributed by atoms with van der Waals surface area (Å²) in [6, 6.07) is 3.26. The van der Waals surface area contributed by atoms with Crippen LogP contribution >= 0.6 is 0 Å². The Hall–Kier alpha value is -1.60. The average molecular weight is 334 g/mol. The molecule has 7 heteroatoms. The van der Waals surface area contributed by atoms with Crippen molar-refractivity contribution in [2.75, 3.05) is 46.8 Å². The molecule has 1 saturated heterocycles. The topological polar surface area (TPSA) is 60.1 Å². The van der Waals surface area contributed by atoms with Gasteiger partial charge in [0.15, 0.2) is 5.96 Å². The summed E-state index contributed by atoms with van der Waals surface area (Å²) in [5, 5.41) is 7.55. The van der Waals surface area contributed by atoms with Crippen molar-refractivity contribution >= 4 is 5.96 Å². The fourth-order valence-corrected chi connectivity index (χ4v) is 3.22. The zero-order valence-corrected chi connectivity index (χ0v) is 15.1. The van der Waals surface area contributed by atoms with Crippen LogP contribution in [-0.4, -0.2) is 84.7 Å². The molecule has 3 rings (SSSR count). The van der Waals surface area contributed by atoms with E-state index in [2.05, 4.69) is 44.1 Å².